The van der Waals surface area contributed by atoms with Gasteiger partial charge in [-0.25, -0.2) is 13.5 Å². The molecule has 0 radical (unpaired) electrons. The number of nitrogens with one attached hydrogen (secondary N) is 1. The molecule has 1 atom stereocenters. The van der Waals surface area contributed by atoms with E-state index in [0.717, 1.165) is 4.68 Å². The quantitative estimate of drug-likeness (QED) is 0.895. The molecule has 0 aliphatic carbocycles. The van der Waals surface area contributed by atoms with Crippen molar-refractivity contribution in [2.24, 2.45) is 5.73 Å². The van der Waals surface area contributed by atoms with Crippen molar-refractivity contribution in [3.8, 4) is 5.69 Å². The highest BCUT2D eigenvalue weighted by Crippen LogP contribution is 2.20. The number of aromatic nitrogens is 2. The summed E-state index contributed by atoms with van der Waals surface area (Å²) in [6.07, 6.45) is 1.70. The van der Waals surface area contributed by atoms with E-state index < -0.39 is 17.5 Å². The molecule has 1 heterocycles. The molecule has 0 spiro atoms. The molecule has 2 rings (SSSR count). The number of amides is 1. The first-order valence-corrected chi connectivity index (χ1v) is 6.44. The fourth-order valence-electron chi connectivity index (χ4n) is 2.02. The minimum atomic E-state index is -0.753. The van der Waals surface area contributed by atoms with E-state index in [1.165, 1.54) is 31.4 Å². The number of nitrogens with zero attached hydrogens (tertiary/aromatic N) is 2. The molecule has 1 aromatic carbocycles. The van der Waals surface area contributed by atoms with Gasteiger partial charge in [-0.2, -0.15) is 5.10 Å². The lowest BCUT2D eigenvalue weighted by Crippen LogP contribution is -2.19. The monoisotopic (exact) mass is 294 g/mol. The van der Waals surface area contributed by atoms with E-state index in [1.807, 2.05) is 0 Å². The Balaban J connectivity index is 2.40. The summed E-state index contributed by atoms with van der Waals surface area (Å²) in [6.45, 7) is 1.76. The van der Waals surface area contributed by atoms with Crippen molar-refractivity contribution in [3.63, 3.8) is 0 Å². The van der Waals surface area contributed by atoms with E-state index >= 15 is 0 Å². The summed E-state index contributed by atoms with van der Waals surface area (Å²) in [5.41, 5.74) is 5.85. The third kappa shape index (κ3) is 3.25. The second-order valence-electron chi connectivity index (χ2n) is 4.81. The highest BCUT2D eigenvalue weighted by molar-refractivity contribution is 5.91. The van der Waals surface area contributed by atoms with Gasteiger partial charge in [0, 0.05) is 19.3 Å². The van der Waals surface area contributed by atoms with Gasteiger partial charge in [0.15, 0.2) is 17.3 Å². The maximum Gasteiger partial charge on any atom is 0.271 e. The van der Waals surface area contributed by atoms with Crippen molar-refractivity contribution in [1.29, 1.82) is 0 Å². The zero-order valence-electron chi connectivity index (χ0n) is 11.7. The first kappa shape index (κ1) is 15.1. The summed E-state index contributed by atoms with van der Waals surface area (Å²) in [7, 11) is 1.45. The van der Waals surface area contributed by atoms with E-state index in [2.05, 4.69) is 10.4 Å². The summed E-state index contributed by atoms with van der Waals surface area (Å²) in [4.78, 5) is 11.4. The first-order valence-electron chi connectivity index (χ1n) is 6.44. The number of hydrogen-bond acceptors (Lipinski definition) is 3. The highest BCUT2D eigenvalue weighted by atomic mass is 19.1. The number of nitrogens with two attached hydrogens (primary N) is 1. The van der Waals surface area contributed by atoms with E-state index in [4.69, 9.17) is 5.73 Å². The molecule has 1 aromatic heterocycles. The summed E-state index contributed by atoms with van der Waals surface area (Å²) < 4.78 is 29.2. The summed E-state index contributed by atoms with van der Waals surface area (Å²) in [5, 5.41) is 6.25. The van der Waals surface area contributed by atoms with Crippen molar-refractivity contribution in [3.05, 3.63) is 47.3 Å². The van der Waals surface area contributed by atoms with Crippen LogP contribution in [0.5, 0.6) is 0 Å². The molecular formula is C14H16F2N4O. The highest BCUT2D eigenvalue weighted by Gasteiger charge is 2.16. The van der Waals surface area contributed by atoms with Crippen LogP contribution in [-0.4, -0.2) is 28.8 Å². The Hall–Kier alpha value is -2.28. The Morgan fingerprint density at radius 1 is 1.43 bits per heavy atom. The average molecular weight is 294 g/mol. The number of carbonyl (C=O) groups is 1. The topological polar surface area (TPSA) is 72.9 Å². The lowest BCUT2D eigenvalue weighted by atomic mass is 10.1. The Morgan fingerprint density at radius 3 is 2.57 bits per heavy atom. The van der Waals surface area contributed by atoms with Gasteiger partial charge in [-0.3, -0.25) is 4.79 Å². The molecule has 7 heteroatoms. The van der Waals surface area contributed by atoms with Crippen LogP contribution in [0.3, 0.4) is 0 Å². The van der Waals surface area contributed by atoms with Crippen molar-refractivity contribution < 1.29 is 13.6 Å². The van der Waals surface area contributed by atoms with E-state index in [0.29, 0.717) is 12.0 Å². The molecule has 0 aliphatic heterocycles. The summed E-state index contributed by atoms with van der Waals surface area (Å²) in [6, 6.07) is 3.64. The van der Waals surface area contributed by atoms with Crippen LogP contribution in [0.25, 0.3) is 5.69 Å². The molecule has 0 aliphatic rings. The van der Waals surface area contributed by atoms with Gasteiger partial charge in [0.2, 0.25) is 0 Å². The molecule has 21 heavy (non-hydrogen) atoms. The third-order valence-electron chi connectivity index (χ3n) is 2.91. The van der Waals surface area contributed by atoms with Gasteiger partial charge in [-0.1, -0.05) is 0 Å². The molecule has 0 fully saturated rings. The average Bonchev–Trinajstić information content (AvgIpc) is 2.85. The van der Waals surface area contributed by atoms with Crippen LogP contribution in [0.1, 0.15) is 23.0 Å². The van der Waals surface area contributed by atoms with Gasteiger partial charge in [-0.05, 0) is 37.1 Å². The third-order valence-corrected chi connectivity index (χ3v) is 2.91. The Labute approximate surface area is 120 Å². The number of benzene rings is 1. The molecule has 0 bridgehead atoms. The standard InChI is InChI=1S/C14H16F2N4O/c1-8(17)5-9-6-10(15)13(11(16)7-9)20-4-3-12(19-20)14(21)18-2/h3-4,6-8H,5,17H2,1-2H3,(H,18,21). The fourth-order valence-corrected chi connectivity index (χ4v) is 2.02. The van der Waals surface area contributed by atoms with Crippen molar-refractivity contribution in [1.82, 2.24) is 15.1 Å². The Bertz CT molecular complexity index is 644. The molecule has 0 saturated carbocycles. The fraction of sp³-hybridized carbons (Fsp3) is 0.286. The van der Waals surface area contributed by atoms with Crippen LogP contribution >= 0.6 is 0 Å². The van der Waals surface area contributed by atoms with Gasteiger partial charge < -0.3 is 11.1 Å². The normalized spacial score (nSPS) is 12.2. The van der Waals surface area contributed by atoms with Crippen LogP contribution < -0.4 is 11.1 Å². The first-order chi connectivity index (χ1) is 9.92. The molecular weight excluding hydrogens is 278 g/mol. The van der Waals surface area contributed by atoms with Gasteiger partial charge in [0.05, 0.1) is 0 Å². The van der Waals surface area contributed by atoms with Crippen LogP contribution in [0.4, 0.5) is 8.78 Å². The van der Waals surface area contributed by atoms with Crippen molar-refractivity contribution >= 4 is 5.91 Å². The lowest BCUT2D eigenvalue weighted by molar-refractivity contribution is 0.0957. The van der Waals surface area contributed by atoms with Gasteiger partial charge in [-0.15, -0.1) is 0 Å². The van der Waals surface area contributed by atoms with Gasteiger partial charge in [0.1, 0.15) is 5.69 Å². The predicted molar refractivity (Wildman–Crippen MR) is 74.2 cm³/mol. The van der Waals surface area contributed by atoms with E-state index in [1.54, 1.807) is 6.92 Å². The zero-order valence-corrected chi connectivity index (χ0v) is 11.7. The van der Waals surface area contributed by atoms with E-state index in [9.17, 15) is 13.6 Å². The number of carbonyl (C=O) groups excluding carboxylic acids is 1. The zero-order chi connectivity index (χ0) is 15.6. The maximum absolute atomic E-state index is 14.1. The molecule has 0 saturated heterocycles. The molecule has 1 amide bonds. The maximum atomic E-state index is 14.1. The van der Waals surface area contributed by atoms with E-state index in [-0.39, 0.29) is 17.4 Å². The number of halogens is 2. The predicted octanol–water partition coefficient (Wildman–Crippen LogP) is 1.40. The SMILES string of the molecule is CNC(=O)c1ccn(-c2c(F)cc(CC(C)N)cc2F)n1. The second-order valence-corrected chi connectivity index (χ2v) is 4.81. The number of hydrogen-bond donors (Lipinski definition) is 2. The molecule has 3 N–H and O–H groups in total. The van der Waals surface area contributed by atoms with Gasteiger partial charge >= 0.3 is 0 Å². The van der Waals surface area contributed by atoms with Crippen molar-refractivity contribution in [2.75, 3.05) is 7.05 Å². The molecule has 5 nitrogen and oxygen atoms in total. The minimum absolute atomic E-state index is 0.0796. The van der Waals surface area contributed by atoms with Crippen molar-refractivity contribution in [2.45, 2.75) is 19.4 Å². The largest absolute Gasteiger partial charge is 0.354 e. The van der Waals surface area contributed by atoms with Crippen LogP contribution in [0.2, 0.25) is 0 Å². The van der Waals surface area contributed by atoms with Crippen LogP contribution in [0, 0.1) is 11.6 Å². The molecule has 2 aromatic rings. The lowest BCUT2D eigenvalue weighted by Gasteiger charge is -2.10. The van der Waals surface area contributed by atoms with Crippen LogP contribution in [-0.2, 0) is 6.42 Å². The smallest absolute Gasteiger partial charge is 0.271 e. The molecule has 112 valence electrons. The van der Waals surface area contributed by atoms with Crippen LogP contribution in [0.15, 0.2) is 24.4 Å². The molecule has 1 unspecified atom stereocenters. The summed E-state index contributed by atoms with van der Waals surface area (Å²) >= 11 is 0. The Morgan fingerprint density at radius 2 is 2.05 bits per heavy atom. The second kappa shape index (κ2) is 6.01. The Kier molecular flexibility index (Phi) is 4.32. The summed E-state index contributed by atoms with van der Waals surface area (Å²) in [5.74, 6) is -1.93. The number of rotatable bonds is 4. The minimum Gasteiger partial charge on any atom is -0.354 e. The van der Waals surface area contributed by atoms with Gasteiger partial charge in [0.25, 0.3) is 5.91 Å².